The van der Waals surface area contributed by atoms with E-state index in [1.165, 1.54) is 13.0 Å². The van der Waals surface area contributed by atoms with Crippen LogP contribution in [0.5, 0.6) is 0 Å². The minimum absolute atomic E-state index is 0.227. The number of ether oxygens (including phenoxy) is 1. The van der Waals surface area contributed by atoms with E-state index in [-0.39, 0.29) is 5.56 Å². The molecule has 0 bridgehead atoms. The molecular formula is C20H17F2N3O3. The fraction of sp³-hybridized carbons (Fsp3) is 0.150. The number of rotatable bonds is 5. The normalized spacial score (nSPS) is 11.7. The molecule has 0 aliphatic rings. The van der Waals surface area contributed by atoms with Gasteiger partial charge in [-0.2, -0.15) is 5.10 Å². The summed E-state index contributed by atoms with van der Waals surface area (Å²) >= 11 is 0. The van der Waals surface area contributed by atoms with Gasteiger partial charge in [0.25, 0.3) is 5.91 Å². The van der Waals surface area contributed by atoms with Crippen molar-refractivity contribution < 1.29 is 23.1 Å². The monoisotopic (exact) mass is 385 g/mol. The van der Waals surface area contributed by atoms with Crippen LogP contribution in [-0.2, 0) is 9.53 Å². The van der Waals surface area contributed by atoms with Gasteiger partial charge in [0.05, 0.1) is 11.3 Å². The standard InChI is InChI=1S/C20H17F2N3O3/c1-12-10-11-23-25(12)15-8-6-14(7-9-15)20(27)28-13(2)19(26)24-18-16(21)4-3-5-17(18)22/h3-11,13H,1-2H3,(H,24,26)/t13-/m1/s1. The first-order valence-corrected chi connectivity index (χ1v) is 8.43. The van der Waals surface area contributed by atoms with Crippen LogP contribution in [0.3, 0.4) is 0 Å². The van der Waals surface area contributed by atoms with E-state index in [0.29, 0.717) is 0 Å². The number of nitrogens with zero attached hydrogens (tertiary/aromatic N) is 2. The zero-order chi connectivity index (χ0) is 20.3. The van der Waals surface area contributed by atoms with E-state index in [1.807, 2.05) is 13.0 Å². The van der Waals surface area contributed by atoms with Crippen LogP contribution in [0, 0.1) is 18.6 Å². The molecule has 0 radical (unpaired) electrons. The molecule has 0 spiro atoms. The summed E-state index contributed by atoms with van der Waals surface area (Å²) in [6, 6.07) is 11.5. The van der Waals surface area contributed by atoms with E-state index < -0.39 is 35.3 Å². The van der Waals surface area contributed by atoms with Gasteiger partial charge < -0.3 is 10.1 Å². The molecule has 28 heavy (non-hydrogen) atoms. The highest BCUT2D eigenvalue weighted by Gasteiger charge is 2.21. The minimum atomic E-state index is -1.25. The fourth-order valence-corrected chi connectivity index (χ4v) is 2.50. The van der Waals surface area contributed by atoms with Gasteiger partial charge in [-0.25, -0.2) is 18.3 Å². The Morgan fingerprint density at radius 3 is 2.29 bits per heavy atom. The highest BCUT2D eigenvalue weighted by atomic mass is 19.1. The van der Waals surface area contributed by atoms with Crippen LogP contribution in [0.4, 0.5) is 14.5 Å². The van der Waals surface area contributed by atoms with Crippen molar-refractivity contribution in [3.05, 3.63) is 77.6 Å². The molecule has 1 amide bonds. The van der Waals surface area contributed by atoms with Gasteiger partial charge in [-0.05, 0) is 56.3 Å². The number of hydrogen-bond donors (Lipinski definition) is 1. The molecule has 1 heterocycles. The van der Waals surface area contributed by atoms with Crippen LogP contribution < -0.4 is 5.32 Å². The van der Waals surface area contributed by atoms with Crippen LogP contribution >= 0.6 is 0 Å². The third-order valence-corrected chi connectivity index (χ3v) is 4.04. The lowest BCUT2D eigenvalue weighted by Gasteiger charge is -2.14. The second-order valence-electron chi connectivity index (χ2n) is 6.06. The van der Waals surface area contributed by atoms with Crippen molar-refractivity contribution in [2.24, 2.45) is 0 Å². The predicted molar refractivity (Wildman–Crippen MR) is 98.2 cm³/mol. The number of aryl methyl sites for hydroxylation is 1. The number of nitrogens with one attached hydrogen (secondary N) is 1. The van der Waals surface area contributed by atoms with Crippen LogP contribution in [-0.4, -0.2) is 27.8 Å². The highest BCUT2D eigenvalue weighted by Crippen LogP contribution is 2.19. The molecule has 144 valence electrons. The summed E-state index contributed by atoms with van der Waals surface area (Å²) in [7, 11) is 0. The number of anilines is 1. The number of amides is 1. The number of hydrogen-bond acceptors (Lipinski definition) is 4. The SMILES string of the molecule is Cc1ccnn1-c1ccc(C(=O)O[C@H](C)C(=O)Nc2c(F)cccc2F)cc1. The first-order chi connectivity index (χ1) is 13.4. The summed E-state index contributed by atoms with van der Waals surface area (Å²) in [5.41, 5.74) is 1.33. The van der Waals surface area contributed by atoms with E-state index in [4.69, 9.17) is 4.74 Å². The van der Waals surface area contributed by atoms with Gasteiger partial charge in [-0.3, -0.25) is 4.79 Å². The van der Waals surface area contributed by atoms with Crippen LogP contribution in [0.2, 0.25) is 0 Å². The lowest BCUT2D eigenvalue weighted by atomic mass is 10.2. The number of halogens is 2. The van der Waals surface area contributed by atoms with Crippen molar-refractivity contribution in [2.75, 3.05) is 5.32 Å². The number of aromatic nitrogens is 2. The van der Waals surface area contributed by atoms with Gasteiger partial charge in [0.15, 0.2) is 6.10 Å². The van der Waals surface area contributed by atoms with Crippen molar-refractivity contribution in [1.29, 1.82) is 0 Å². The minimum Gasteiger partial charge on any atom is -0.449 e. The van der Waals surface area contributed by atoms with Crippen LogP contribution in [0.25, 0.3) is 5.69 Å². The topological polar surface area (TPSA) is 73.2 Å². The van der Waals surface area contributed by atoms with Crippen molar-refractivity contribution in [1.82, 2.24) is 9.78 Å². The summed E-state index contributed by atoms with van der Waals surface area (Å²) in [5.74, 6) is -3.42. The third kappa shape index (κ3) is 4.06. The predicted octanol–water partition coefficient (Wildman–Crippen LogP) is 3.64. The van der Waals surface area contributed by atoms with Crippen LogP contribution in [0.1, 0.15) is 23.0 Å². The molecule has 1 aromatic heterocycles. The van der Waals surface area contributed by atoms with Crippen molar-refractivity contribution in [2.45, 2.75) is 20.0 Å². The Morgan fingerprint density at radius 1 is 1.07 bits per heavy atom. The van der Waals surface area contributed by atoms with Crippen molar-refractivity contribution in [3.8, 4) is 5.69 Å². The smallest absolute Gasteiger partial charge is 0.338 e. The molecule has 3 aromatic rings. The summed E-state index contributed by atoms with van der Waals surface area (Å²) in [4.78, 5) is 24.3. The Morgan fingerprint density at radius 2 is 1.71 bits per heavy atom. The molecule has 0 aliphatic carbocycles. The molecule has 1 N–H and O–H groups in total. The van der Waals surface area contributed by atoms with Gasteiger partial charge >= 0.3 is 5.97 Å². The van der Waals surface area contributed by atoms with E-state index in [0.717, 1.165) is 23.5 Å². The molecular weight excluding hydrogens is 368 g/mol. The second kappa shape index (κ2) is 7.99. The lowest BCUT2D eigenvalue weighted by Crippen LogP contribution is -2.30. The maximum Gasteiger partial charge on any atom is 0.338 e. The van der Waals surface area contributed by atoms with E-state index >= 15 is 0 Å². The Balaban J connectivity index is 1.65. The van der Waals surface area contributed by atoms with E-state index in [9.17, 15) is 18.4 Å². The molecule has 0 saturated carbocycles. The first kappa shape index (κ1) is 19.2. The van der Waals surface area contributed by atoms with Gasteiger partial charge in [0.2, 0.25) is 0 Å². The number of carbonyl (C=O) groups is 2. The largest absolute Gasteiger partial charge is 0.449 e. The maximum atomic E-state index is 13.6. The average Bonchev–Trinajstić information content (AvgIpc) is 3.10. The molecule has 0 saturated heterocycles. The fourth-order valence-electron chi connectivity index (χ4n) is 2.50. The summed E-state index contributed by atoms with van der Waals surface area (Å²) in [5, 5.41) is 6.26. The Hall–Kier alpha value is -3.55. The molecule has 3 rings (SSSR count). The molecule has 6 nitrogen and oxygen atoms in total. The molecule has 1 atom stereocenters. The van der Waals surface area contributed by atoms with Gasteiger partial charge in [0.1, 0.15) is 17.3 Å². The maximum absolute atomic E-state index is 13.6. The molecule has 8 heteroatoms. The molecule has 0 fully saturated rings. The Bertz CT molecular complexity index is 996. The van der Waals surface area contributed by atoms with Crippen LogP contribution in [0.15, 0.2) is 54.7 Å². The van der Waals surface area contributed by atoms with Gasteiger partial charge in [-0.1, -0.05) is 6.07 Å². The lowest BCUT2D eigenvalue weighted by molar-refractivity contribution is -0.123. The zero-order valence-electron chi connectivity index (χ0n) is 15.1. The summed E-state index contributed by atoms with van der Waals surface area (Å²) in [6.45, 7) is 3.21. The quantitative estimate of drug-likeness (QED) is 0.681. The summed E-state index contributed by atoms with van der Waals surface area (Å²) < 4.78 is 34.0. The highest BCUT2D eigenvalue weighted by molar-refractivity contribution is 5.97. The summed E-state index contributed by atoms with van der Waals surface area (Å²) in [6.07, 6.45) is 0.412. The first-order valence-electron chi connectivity index (χ1n) is 8.43. The number of esters is 1. The Labute approximate surface area is 159 Å². The van der Waals surface area contributed by atoms with Crippen molar-refractivity contribution in [3.63, 3.8) is 0 Å². The number of para-hydroxylation sites is 1. The van der Waals surface area contributed by atoms with E-state index in [1.54, 1.807) is 35.1 Å². The average molecular weight is 385 g/mol. The molecule has 2 aromatic carbocycles. The second-order valence-corrected chi connectivity index (χ2v) is 6.06. The van der Waals surface area contributed by atoms with Gasteiger partial charge in [-0.15, -0.1) is 0 Å². The Kier molecular flexibility index (Phi) is 5.49. The molecule has 0 aliphatic heterocycles. The third-order valence-electron chi connectivity index (χ3n) is 4.04. The zero-order valence-corrected chi connectivity index (χ0v) is 15.1. The number of carbonyl (C=O) groups excluding carboxylic acids is 2. The van der Waals surface area contributed by atoms with Crippen molar-refractivity contribution >= 4 is 17.6 Å². The number of benzene rings is 2. The molecule has 0 unspecified atom stereocenters. The van der Waals surface area contributed by atoms with E-state index in [2.05, 4.69) is 10.4 Å². The van der Waals surface area contributed by atoms with Gasteiger partial charge in [0, 0.05) is 11.9 Å².